The molecule has 8 aromatic carbocycles. The SMILES string of the molecule is [2H]c1c([2H])c([2H])c(-c2c3ccccc3c(-c3ccc4oc5cc6ccccc6cc5c4c3)c3ccccc23)c(-c2ccccc2)c1[2H]. The molecule has 0 atom stereocenters. The minimum Gasteiger partial charge on any atom is -0.456 e. The van der Waals surface area contributed by atoms with Crippen LogP contribution in [0.5, 0.6) is 0 Å². The van der Waals surface area contributed by atoms with Crippen molar-refractivity contribution in [1.82, 2.24) is 0 Å². The maximum atomic E-state index is 9.23. The highest BCUT2D eigenvalue weighted by atomic mass is 16.3. The van der Waals surface area contributed by atoms with Crippen molar-refractivity contribution in [3.05, 3.63) is 158 Å². The lowest BCUT2D eigenvalue weighted by Crippen LogP contribution is -1.92. The summed E-state index contributed by atoms with van der Waals surface area (Å²) in [7, 11) is 0. The number of fused-ring (bicyclic) bond motifs is 6. The quantitative estimate of drug-likeness (QED) is 0.199. The van der Waals surface area contributed by atoms with Gasteiger partial charge in [0, 0.05) is 10.8 Å². The molecule has 0 fully saturated rings. The van der Waals surface area contributed by atoms with Crippen molar-refractivity contribution in [2.45, 2.75) is 0 Å². The number of benzene rings is 8. The summed E-state index contributed by atoms with van der Waals surface area (Å²) in [6, 6.07) is 44.4. The van der Waals surface area contributed by atoms with Crippen molar-refractivity contribution < 1.29 is 9.90 Å². The zero-order chi connectivity index (χ0) is 31.8. The van der Waals surface area contributed by atoms with E-state index in [0.717, 1.165) is 76.5 Å². The monoisotopic (exact) mass is 550 g/mol. The molecule has 0 radical (unpaired) electrons. The molecule has 0 unspecified atom stereocenters. The Morgan fingerprint density at radius 1 is 0.395 bits per heavy atom. The van der Waals surface area contributed by atoms with E-state index in [9.17, 15) is 1.37 Å². The van der Waals surface area contributed by atoms with Crippen LogP contribution < -0.4 is 0 Å². The fourth-order valence-electron chi connectivity index (χ4n) is 6.65. The molecule has 0 spiro atoms. The Morgan fingerprint density at radius 2 is 0.953 bits per heavy atom. The van der Waals surface area contributed by atoms with Gasteiger partial charge >= 0.3 is 0 Å². The highest BCUT2D eigenvalue weighted by Gasteiger charge is 2.19. The highest BCUT2D eigenvalue weighted by molar-refractivity contribution is 6.23. The summed E-state index contributed by atoms with van der Waals surface area (Å²) in [6.45, 7) is 0. The van der Waals surface area contributed by atoms with Gasteiger partial charge in [0.2, 0.25) is 0 Å². The van der Waals surface area contributed by atoms with E-state index in [2.05, 4.69) is 66.7 Å². The fraction of sp³-hybridized carbons (Fsp3) is 0. The van der Waals surface area contributed by atoms with Gasteiger partial charge in [-0.25, -0.2) is 0 Å². The molecule has 0 saturated carbocycles. The molecule has 0 aliphatic carbocycles. The molecule has 1 aromatic heterocycles. The third-order valence-corrected chi connectivity index (χ3v) is 8.56. The number of hydrogen-bond acceptors (Lipinski definition) is 1. The molecule has 0 aliphatic heterocycles. The van der Waals surface area contributed by atoms with Gasteiger partial charge in [-0.2, -0.15) is 0 Å². The Balaban J connectivity index is 1.40. The van der Waals surface area contributed by atoms with Crippen molar-refractivity contribution >= 4 is 54.3 Å². The summed E-state index contributed by atoms with van der Waals surface area (Å²) in [5.41, 5.74) is 6.35. The Labute approximate surface area is 254 Å². The molecular weight excluding hydrogens is 520 g/mol. The first kappa shape index (κ1) is 20.3. The summed E-state index contributed by atoms with van der Waals surface area (Å²) in [6.07, 6.45) is 0. The van der Waals surface area contributed by atoms with Gasteiger partial charge in [-0.15, -0.1) is 0 Å². The highest BCUT2D eigenvalue weighted by Crippen LogP contribution is 2.46. The first-order chi connectivity index (χ1) is 23.0. The van der Waals surface area contributed by atoms with E-state index in [1.54, 1.807) is 0 Å². The first-order valence-electron chi connectivity index (χ1n) is 16.4. The lowest BCUT2D eigenvalue weighted by Gasteiger charge is -2.19. The molecule has 0 saturated heterocycles. The molecule has 0 aliphatic rings. The summed E-state index contributed by atoms with van der Waals surface area (Å²) in [4.78, 5) is 0. The second-order valence-corrected chi connectivity index (χ2v) is 11.0. The predicted molar refractivity (Wildman–Crippen MR) is 183 cm³/mol. The van der Waals surface area contributed by atoms with Gasteiger partial charge in [0.25, 0.3) is 0 Å². The van der Waals surface area contributed by atoms with Crippen LogP contribution in [0.25, 0.3) is 87.6 Å². The normalized spacial score (nSPS) is 13.0. The van der Waals surface area contributed by atoms with E-state index in [1.807, 2.05) is 66.7 Å². The third-order valence-electron chi connectivity index (χ3n) is 8.56. The van der Waals surface area contributed by atoms with Crippen LogP contribution >= 0.6 is 0 Å². The second-order valence-electron chi connectivity index (χ2n) is 11.0. The van der Waals surface area contributed by atoms with Crippen molar-refractivity contribution in [2.75, 3.05) is 0 Å². The Bertz CT molecular complexity index is 2670. The van der Waals surface area contributed by atoms with Crippen LogP contribution in [0.15, 0.2) is 162 Å². The minimum atomic E-state index is -0.244. The van der Waals surface area contributed by atoms with Crippen LogP contribution in [0, 0.1) is 0 Å². The first-order valence-corrected chi connectivity index (χ1v) is 14.4. The van der Waals surface area contributed by atoms with Gasteiger partial charge in [-0.05, 0) is 90.0 Å². The zero-order valence-electron chi connectivity index (χ0n) is 27.1. The molecule has 200 valence electrons. The van der Waals surface area contributed by atoms with Crippen molar-refractivity contribution in [3.8, 4) is 33.4 Å². The summed E-state index contributed by atoms with van der Waals surface area (Å²) in [5, 5.41) is 8.27. The molecule has 1 heterocycles. The summed E-state index contributed by atoms with van der Waals surface area (Å²) in [5.74, 6) is 0. The predicted octanol–water partition coefficient (Wildman–Crippen LogP) is 12.0. The van der Waals surface area contributed by atoms with Gasteiger partial charge in [0.15, 0.2) is 0 Å². The standard InChI is InChI=1S/C42H26O/c1-2-12-27(13-3-1)31-16-6-7-17-32(31)42-35-20-10-8-18-33(35)41(34-19-9-11-21-36(34)42)30-22-23-39-37(25-30)38-24-28-14-4-5-15-29(28)26-40(38)43-39/h1-26H/i6D,7D,16D,17D. The van der Waals surface area contributed by atoms with Gasteiger partial charge in [0.05, 0.1) is 5.48 Å². The maximum Gasteiger partial charge on any atom is 0.136 e. The topological polar surface area (TPSA) is 13.1 Å². The molecule has 9 rings (SSSR count). The summed E-state index contributed by atoms with van der Waals surface area (Å²) < 4.78 is 41.9. The van der Waals surface area contributed by atoms with E-state index in [0.29, 0.717) is 11.1 Å². The average molecular weight is 551 g/mol. The zero-order valence-corrected chi connectivity index (χ0v) is 23.1. The van der Waals surface area contributed by atoms with Gasteiger partial charge in [0.1, 0.15) is 11.2 Å². The third kappa shape index (κ3) is 3.72. The molecule has 1 heteroatoms. The van der Waals surface area contributed by atoms with Crippen LogP contribution in [0.1, 0.15) is 5.48 Å². The van der Waals surface area contributed by atoms with Gasteiger partial charge in [-0.3, -0.25) is 0 Å². The minimum absolute atomic E-state index is 0.0470. The lowest BCUT2D eigenvalue weighted by atomic mass is 9.83. The van der Waals surface area contributed by atoms with Crippen LogP contribution in [0.2, 0.25) is 0 Å². The number of rotatable bonds is 3. The molecule has 1 nitrogen and oxygen atoms in total. The Hall–Kier alpha value is -5.66. The number of furan rings is 1. The smallest absolute Gasteiger partial charge is 0.136 e. The van der Waals surface area contributed by atoms with Crippen molar-refractivity contribution in [1.29, 1.82) is 0 Å². The fourth-order valence-corrected chi connectivity index (χ4v) is 6.65. The lowest BCUT2D eigenvalue weighted by molar-refractivity contribution is 0.669. The van der Waals surface area contributed by atoms with Crippen LogP contribution in [-0.4, -0.2) is 0 Å². The van der Waals surface area contributed by atoms with Gasteiger partial charge < -0.3 is 4.42 Å². The van der Waals surface area contributed by atoms with Crippen molar-refractivity contribution in [3.63, 3.8) is 0 Å². The van der Waals surface area contributed by atoms with Gasteiger partial charge in [-0.1, -0.05) is 133 Å². The van der Waals surface area contributed by atoms with E-state index in [4.69, 9.17) is 8.53 Å². The maximum absolute atomic E-state index is 9.23. The number of hydrogen-bond donors (Lipinski definition) is 0. The molecule has 0 N–H and O–H groups in total. The summed E-state index contributed by atoms with van der Waals surface area (Å²) >= 11 is 0. The molecular formula is C42H26O. The Morgan fingerprint density at radius 3 is 1.65 bits per heavy atom. The molecule has 0 amide bonds. The van der Waals surface area contributed by atoms with Crippen LogP contribution in [-0.2, 0) is 0 Å². The molecule has 9 aromatic rings. The second kappa shape index (κ2) is 9.44. The Kier molecular flexibility index (Phi) is 4.45. The molecule has 0 bridgehead atoms. The average Bonchev–Trinajstić information content (AvgIpc) is 3.47. The van der Waals surface area contributed by atoms with E-state index in [1.165, 1.54) is 0 Å². The van der Waals surface area contributed by atoms with E-state index < -0.39 is 0 Å². The van der Waals surface area contributed by atoms with Crippen LogP contribution in [0.3, 0.4) is 0 Å². The largest absolute Gasteiger partial charge is 0.456 e. The van der Waals surface area contributed by atoms with E-state index in [-0.39, 0.29) is 24.2 Å². The van der Waals surface area contributed by atoms with E-state index >= 15 is 0 Å². The molecule has 43 heavy (non-hydrogen) atoms. The van der Waals surface area contributed by atoms with Crippen LogP contribution in [0.4, 0.5) is 0 Å². The van der Waals surface area contributed by atoms with Crippen molar-refractivity contribution in [2.24, 2.45) is 0 Å².